The topological polar surface area (TPSA) is 91.1 Å². The van der Waals surface area contributed by atoms with Crippen LogP contribution in [0.25, 0.3) is 11.6 Å². The fraction of sp³-hybridized carbons (Fsp3) is 0.188. The van der Waals surface area contributed by atoms with Crippen molar-refractivity contribution in [2.24, 2.45) is 4.99 Å². The van der Waals surface area contributed by atoms with Crippen molar-refractivity contribution < 1.29 is 8.81 Å². The minimum Gasteiger partial charge on any atom is -0.461 e. The smallest absolute Gasteiger partial charge is 0.216 e. The van der Waals surface area contributed by atoms with Crippen LogP contribution in [-0.4, -0.2) is 28.2 Å². The molecule has 124 valence electrons. The number of hydrogen-bond acceptors (Lipinski definition) is 4. The van der Waals surface area contributed by atoms with Gasteiger partial charge in [-0.1, -0.05) is 18.2 Å². The molecule has 2 heterocycles. The summed E-state index contributed by atoms with van der Waals surface area (Å²) < 4.78 is 18.8. The van der Waals surface area contributed by atoms with Crippen molar-refractivity contribution in [1.82, 2.24) is 25.8 Å². The molecule has 0 bridgehead atoms. The van der Waals surface area contributed by atoms with Crippen molar-refractivity contribution >= 4 is 5.96 Å². The summed E-state index contributed by atoms with van der Waals surface area (Å²) in [6, 6.07) is 10.2. The van der Waals surface area contributed by atoms with Crippen LogP contribution >= 0.6 is 0 Å². The lowest BCUT2D eigenvalue weighted by Crippen LogP contribution is -2.36. The van der Waals surface area contributed by atoms with Crippen LogP contribution < -0.4 is 10.6 Å². The van der Waals surface area contributed by atoms with Crippen LogP contribution in [0.3, 0.4) is 0 Å². The van der Waals surface area contributed by atoms with Gasteiger partial charge in [0, 0.05) is 19.2 Å². The Hall–Kier alpha value is -3.16. The van der Waals surface area contributed by atoms with Crippen LogP contribution in [0.4, 0.5) is 4.39 Å². The second-order valence-corrected chi connectivity index (χ2v) is 4.95. The first-order valence-electron chi connectivity index (χ1n) is 7.39. The summed E-state index contributed by atoms with van der Waals surface area (Å²) in [6.45, 7) is 0.727. The number of benzene rings is 1. The van der Waals surface area contributed by atoms with Crippen molar-refractivity contribution in [3.8, 4) is 11.6 Å². The maximum Gasteiger partial charge on any atom is 0.216 e. The number of halogens is 1. The first-order chi connectivity index (χ1) is 11.8. The Labute approximate surface area is 138 Å². The molecule has 0 amide bonds. The molecule has 0 spiro atoms. The van der Waals surface area contributed by atoms with Crippen molar-refractivity contribution in [3.63, 3.8) is 0 Å². The first kappa shape index (κ1) is 15.7. The molecule has 8 heteroatoms. The minimum absolute atomic E-state index is 0.251. The first-order valence-corrected chi connectivity index (χ1v) is 7.39. The third-order valence-corrected chi connectivity index (χ3v) is 3.32. The Kier molecular flexibility index (Phi) is 4.85. The Morgan fingerprint density at radius 2 is 2.04 bits per heavy atom. The van der Waals surface area contributed by atoms with Gasteiger partial charge in [-0.15, -0.1) is 5.10 Å². The quantitative estimate of drug-likeness (QED) is 0.493. The average Bonchev–Trinajstić information content (AvgIpc) is 3.27. The zero-order valence-electron chi connectivity index (χ0n) is 13.1. The molecule has 0 aliphatic rings. The van der Waals surface area contributed by atoms with E-state index in [4.69, 9.17) is 4.42 Å². The van der Waals surface area contributed by atoms with Gasteiger partial charge >= 0.3 is 0 Å². The molecule has 0 aliphatic heterocycles. The second kappa shape index (κ2) is 7.40. The number of nitrogens with one attached hydrogen (secondary N) is 3. The normalized spacial score (nSPS) is 11.5. The number of furan rings is 1. The number of H-pyrrole nitrogens is 1. The van der Waals surface area contributed by atoms with Gasteiger partial charge in [-0.3, -0.25) is 10.1 Å². The van der Waals surface area contributed by atoms with Gasteiger partial charge in [0.05, 0.1) is 12.8 Å². The molecule has 0 aliphatic carbocycles. The SMILES string of the molecule is CN=C(NCc1nc(-c2ccco2)n[nH]1)NCc1ccccc1F. The number of aliphatic imine (C=N–C) groups is 1. The maximum absolute atomic E-state index is 13.6. The number of nitrogens with zero attached hydrogens (tertiary/aromatic N) is 3. The molecule has 3 N–H and O–H groups in total. The van der Waals surface area contributed by atoms with Gasteiger partial charge in [0.2, 0.25) is 5.82 Å². The van der Waals surface area contributed by atoms with Gasteiger partial charge in [0.15, 0.2) is 11.7 Å². The zero-order chi connectivity index (χ0) is 16.8. The monoisotopic (exact) mass is 328 g/mol. The summed E-state index contributed by atoms with van der Waals surface area (Å²) in [6.07, 6.45) is 1.57. The van der Waals surface area contributed by atoms with Gasteiger partial charge in [-0.2, -0.15) is 0 Å². The van der Waals surface area contributed by atoms with Crippen LogP contribution in [-0.2, 0) is 13.1 Å². The van der Waals surface area contributed by atoms with E-state index in [-0.39, 0.29) is 5.82 Å². The summed E-state index contributed by atoms with van der Waals surface area (Å²) in [5, 5.41) is 13.1. The Balaban J connectivity index is 1.54. The summed E-state index contributed by atoms with van der Waals surface area (Å²) >= 11 is 0. The number of aromatic nitrogens is 3. The molecule has 1 aromatic carbocycles. The fourth-order valence-electron chi connectivity index (χ4n) is 2.10. The molecule has 0 fully saturated rings. The van der Waals surface area contributed by atoms with E-state index in [1.54, 1.807) is 43.6 Å². The molecule has 7 nitrogen and oxygen atoms in total. The van der Waals surface area contributed by atoms with Crippen LogP contribution in [0.15, 0.2) is 52.1 Å². The maximum atomic E-state index is 13.6. The van der Waals surface area contributed by atoms with E-state index in [1.807, 2.05) is 0 Å². The largest absolute Gasteiger partial charge is 0.461 e. The van der Waals surface area contributed by atoms with Crippen molar-refractivity contribution in [1.29, 1.82) is 0 Å². The van der Waals surface area contributed by atoms with Crippen molar-refractivity contribution in [2.45, 2.75) is 13.1 Å². The number of rotatable bonds is 5. The lowest BCUT2D eigenvalue weighted by Gasteiger charge is -2.11. The molecular weight excluding hydrogens is 311 g/mol. The van der Waals surface area contributed by atoms with Crippen LogP contribution in [0.2, 0.25) is 0 Å². The third kappa shape index (κ3) is 3.78. The molecule has 2 aromatic heterocycles. The van der Waals surface area contributed by atoms with E-state index >= 15 is 0 Å². The van der Waals surface area contributed by atoms with Crippen molar-refractivity contribution in [3.05, 3.63) is 59.9 Å². The predicted molar refractivity (Wildman–Crippen MR) is 87.5 cm³/mol. The van der Waals surface area contributed by atoms with Crippen LogP contribution in [0.1, 0.15) is 11.4 Å². The zero-order valence-corrected chi connectivity index (χ0v) is 13.1. The van der Waals surface area contributed by atoms with Gasteiger partial charge in [0.1, 0.15) is 11.6 Å². The Morgan fingerprint density at radius 1 is 1.21 bits per heavy atom. The highest BCUT2D eigenvalue weighted by Gasteiger charge is 2.09. The molecule has 0 radical (unpaired) electrons. The van der Waals surface area contributed by atoms with E-state index in [0.29, 0.717) is 42.0 Å². The third-order valence-electron chi connectivity index (χ3n) is 3.32. The number of guanidine groups is 1. The lowest BCUT2D eigenvalue weighted by atomic mass is 10.2. The summed E-state index contributed by atoms with van der Waals surface area (Å²) in [4.78, 5) is 8.42. The molecule has 24 heavy (non-hydrogen) atoms. The second-order valence-electron chi connectivity index (χ2n) is 4.95. The summed E-state index contributed by atoms with van der Waals surface area (Å²) in [5.74, 6) is 2.01. The fourth-order valence-corrected chi connectivity index (χ4v) is 2.10. The van der Waals surface area contributed by atoms with Gasteiger partial charge in [-0.05, 0) is 18.2 Å². The van der Waals surface area contributed by atoms with E-state index in [2.05, 4.69) is 30.8 Å². The molecule has 0 saturated heterocycles. The molecule has 0 saturated carbocycles. The number of hydrogen-bond donors (Lipinski definition) is 3. The molecule has 3 aromatic rings. The van der Waals surface area contributed by atoms with Crippen molar-refractivity contribution in [2.75, 3.05) is 7.05 Å². The predicted octanol–water partition coefficient (Wildman–Crippen LogP) is 2.07. The standard InChI is InChI=1S/C16H17FN6O/c1-18-16(19-9-11-5-2-3-6-12(11)17)20-10-14-21-15(23-22-14)13-7-4-8-24-13/h2-8H,9-10H2,1H3,(H2,18,19,20)(H,21,22,23). The van der Waals surface area contributed by atoms with Gasteiger partial charge in [0.25, 0.3) is 0 Å². The minimum atomic E-state index is -0.251. The molecule has 3 rings (SSSR count). The summed E-state index contributed by atoms with van der Waals surface area (Å²) in [5.41, 5.74) is 0.570. The van der Waals surface area contributed by atoms with E-state index in [9.17, 15) is 4.39 Å². The van der Waals surface area contributed by atoms with E-state index < -0.39 is 0 Å². The average molecular weight is 328 g/mol. The lowest BCUT2D eigenvalue weighted by molar-refractivity contribution is 0.577. The van der Waals surface area contributed by atoms with Crippen LogP contribution in [0.5, 0.6) is 0 Å². The Morgan fingerprint density at radius 3 is 2.79 bits per heavy atom. The Bertz CT molecular complexity index is 812. The van der Waals surface area contributed by atoms with Gasteiger partial charge < -0.3 is 15.1 Å². The summed E-state index contributed by atoms with van der Waals surface area (Å²) in [7, 11) is 1.64. The highest BCUT2D eigenvalue weighted by Crippen LogP contribution is 2.14. The molecular formula is C16H17FN6O. The van der Waals surface area contributed by atoms with Gasteiger partial charge in [-0.25, -0.2) is 9.37 Å². The van der Waals surface area contributed by atoms with E-state index in [1.165, 1.54) is 6.07 Å². The highest BCUT2D eigenvalue weighted by molar-refractivity contribution is 5.79. The van der Waals surface area contributed by atoms with E-state index in [0.717, 1.165) is 0 Å². The number of aromatic amines is 1. The molecule has 0 atom stereocenters. The van der Waals surface area contributed by atoms with Crippen LogP contribution in [0, 0.1) is 5.82 Å². The highest BCUT2D eigenvalue weighted by atomic mass is 19.1. The molecule has 0 unspecified atom stereocenters.